The van der Waals surface area contributed by atoms with E-state index in [1.54, 1.807) is 74.0 Å². The summed E-state index contributed by atoms with van der Waals surface area (Å²) in [6.07, 6.45) is 12.0. The summed E-state index contributed by atoms with van der Waals surface area (Å²) in [4.78, 5) is 64.3. The average molecular weight is 993 g/mol. The Morgan fingerprint density at radius 1 is 0.915 bits per heavy atom. The highest BCUT2D eigenvalue weighted by molar-refractivity contribution is 6.31. The van der Waals surface area contributed by atoms with E-state index in [0.29, 0.717) is 95.7 Å². The molecule has 71 heavy (non-hydrogen) atoms. The Morgan fingerprint density at radius 2 is 1.65 bits per heavy atom. The van der Waals surface area contributed by atoms with Crippen molar-refractivity contribution in [3.8, 4) is 17.6 Å². The normalized spacial score (nSPS) is 20.7. The molecule has 2 aromatic carbocycles. The number of nitrogens with one attached hydrogen (secondary N) is 3. The lowest BCUT2D eigenvalue weighted by Gasteiger charge is -2.63. The third-order valence-corrected chi connectivity index (χ3v) is 14.8. The molecule has 0 bridgehead atoms. The van der Waals surface area contributed by atoms with Crippen LogP contribution in [0, 0.1) is 22.2 Å². The summed E-state index contributed by atoms with van der Waals surface area (Å²) in [5.41, 5.74) is 1.74. The largest absolute Gasteiger partial charge is 0.495 e. The minimum absolute atomic E-state index is 0.0625. The molecule has 2 aliphatic heterocycles. The molecule has 8 rings (SSSR count). The summed E-state index contributed by atoms with van der Waals surface area (Å²) in [5, 5.41) is 19.0. The monoisotopic (exact) mass is 991 g/mol. The number of nitriles is 1. The van der Waals surface area contributed by atoms with E-state index in [4.69, 9.17) is 35.5 Å². The molecule has 4 heterocycles. The Morgan fingerprint density at radius 3 is 2.32 bits per heavy atom. The SMILES string of the molecule is CC[C@@H]1C(=O)N(C)c2cnc(Nc3ccc(C(=O)NCCCOCCOC4CCN(c5ncc(C(=O)NC6C(C)(C)C(Oc7ccc(C#N)c(Cl)c7)C6(C)C)cn5)CC4)cc3OC)nc2N1C1CCCC1. The highest BCUT2D eigenvalue weighted by atomic mass is 35.5. The van der Waals surface area contributed by atoms with Gasteiger partial charge < -0.3 is 49.6 Å². The van der Waals surface area contributed by atoms with Gasteiger partial charge in [-0.2, -0.15) is 10.2 Å². The number of benzene rings is 2. The molecule has 0 spiro atoms. The number of carbonyl (C=O) groups is 3. The molecular weight excluding hydrogens is 926 g/mol. The van der Waals surface area contributed by atoms with Gasteiger partial charge in [0.2, 0.25) is 17.8 Å². The Balaban J connectivity index is 0.715. The van der Waals surface area contributed by atoms with Gasteiger partial charge in [-0.15, -0.1) is 0 Å². The van der Waals surface area contributed by atoms with Crippen molar-refractivity contribution in [1.82, 2.24) is 30.6 Å². The van der Waals surface area contributed by atoms with Gasteiger partial charge in [-0.05, 0) is 68.9 Å². The van der Waals surface area contributed by atoms with Crippen LogP contribution in [0.15, 0.2) is 55.0 Å². The second kappa shape index (κ2) is 22.0. The summed E-state index contributed by atoms with van der Waals surface area (Å²) in [6, 6.07) is 12.1. The van der Waals surface area contributed by atoms with Gasteiger partial charge in [-0.1, -0.05) is 59.1 Å². The van der Waals surface area contributed by atoms with E-state index in [1.165, 1.54) is 0 Å². The standard InChI is InChI=1S/C52H66ClN11O7/c1-8-40-46(67)62(6)41-31-56-49(60-43(41)64(40)35-12-9-10-13-35)59-39-17-15-32(26-42(39)68-7)44(65)55-20-11-23-69-24-25-70-36-18-21-63(22-19-36)50-57-29-34(30-58-50)45(66)61-47-51(2,3)48(52(47,4)5)71-37-16-14-33(28-54)38(53)27-37/h14-17,26-27,29-31,35-36,40,47-48H,8-13,18-25H2,1-7H3,(H,55,65)(H,61,66)(H,56,59,60)/t40-,47?,48?/m1/s1. The zero-order chi connectivity index (χ0) is 50.5. The summed E-state index contributed by atoms with van der Waals surface area (Å²) in [6.45, 7) is 13.6. The minimum Gasteiger partial charge on any atom is -0.495 e. The van der Waals surface area contributed by atoms with Gasteiger partial charge in [0.05, 0.1) is 54.5 Å². The number of ether oxygens (including phenoxy) is 4. The first-order valence-electron chi connectivity index (χ1n) is 24.7. The molecule has 3 N–H and O–H groups in total. The predicted octanol–water partition coefficient (Wildman–Crippen LogP) is 7.48. The Kier molecular flexibility index (Phi) is 15.8. The Bertz CT molecular complexity index is 2580. The molecule has 19 heteroatoms. The van der Waals surface area contributed by atoms with E-state index in [1.807, 2.05) is 6.92 Å². The maximum atomic E-state index is 13.4. The van der Waals surface area contributed by atoms with Crippen molar-refractivity contribution in [2.75, 3.05) is 73.6 Å². The molecule has 1 atom stereocenters. The van der Waals surface area contributed by atoms with Crippen LogP contribution in [0.25, 0.3) is 0 Å². The highest BCUT2D eigenvalue weighted by Crippen LogP contribution is 2.55. The molecule has 0 radical (unpaired) electrons. The fraction of sp³-hybridized carbons (Fsp3) is 0.538. The number of fused-ring (bicyclic) bond motifs is 1. The van der Waals surface area contributed by atoms with Crippen molar-refractivity contribution in [2.45, 2.75) is 116 Å². The third-order valence-electron chi connectivity index (χ3n) is 14.5. The number of nitrogens with zero attached hydrogens (tertiary/aromatic N) is 8. The lowest BCUT2D eigenvalue weighted by atomic mass is 9.49. The molecular formula is C52H66ClN11O7. The van der Waals surface area contributed by atoms with Crippen LogP contribution in [0.1, 0.15) is 112 Å². The Hall–Kier alpha value is -6.29. The van der Waals surface area contributed by atoms with Crippen molar-refractivity contribution in [2.24, 2.45) is 10.8 Å². The molecule has 2 saturated carbocycles. The van der Waals surface area contributed by atoms with Crippen LogP contribution in [0.2, 0.25) is 5.02 Å². The van der Waals surface area contributed by atoms with E-state index in [2.05, 4.69) is 74.5 Å². The molecule has 3 fully saturated rings. The zero-order valence-corrected chi connectivity index (χ0v) is 42.6. The van der Waals surface area contributed by atoms with Gasteiger partial charge in [0.1, 0.15) is 35.4 Å². The van der Waals surface area contributed by atoms with Gasteiger partial charge in [0, 0.05) is 80.2 Å². The highest BCUT2D eigenvalue weighted by Gasteiger charge is 2.64. The molecule has 3 amide bonds. The summed E-state index contributed by atoms with van der Waals surface area (Å²) < 4.78 is 24.0. The predicted molar refractivity (Wildman–Crippen MR) is 271 cm³/mol. The summed E-state index contributed by atoms with van der Waals surface area (Å²) in [5.74, 6) is 2.34. The molecule has 2 aromatic heterocycles. The number of anilines is 5. The number of aromatic nitrogens is 4. The number of likely N-dealkylation sites (N-methyl/N-ethyl adjacent to an activating group) is 1. The van der Waals surface area contributed by atoms with Crippen LogP contribution < -0.4 is 40.1 Å². The topological polar surface area (TPSA) is 209 Å². The van der Waals surface area contributed by atoms with Gasteiger partial charge in [0.25, 0.3) is 11.8 Å². The second-order valence-corrected chi connectivity index (χ2v) is 20.4. The number of carbonyl (C=O) groups excluding carboxylic acids is 3. The van der Waals surface area contributed by atoms with Gasteiger partial charge >= 0.3 is 0 Å². The van der Waals surface area contributed by atoms with E-state index in [-0.39, 0.29) is 48.1 Å². The van der Waals surface area contributed by atoms with Crippen LogP contribution in [0.4, 0.5) is 29.1 Å². The van der Waals surface area contributed by atoms with Crippen LogP contribution in [-0.2, 0) is 14.3 Å². The van der Waals surface area contributed by atoms with Gasteiger partial charge in [-0.25, -0.2) is 15.0 Å². The van der Waals surface area contributed by atoms with E-state index in [9.17, 15) is 19.6 Å². The molecule has 0 unspecified atom stereocenters. The van der Waals surface area contributed by atoms with Crippen molar-refractivity contribution in [3.05, 3.63) is 76.7 Å². The summed E-state index contributed by atoms with van der Waals surface area (Å²) >= 11 is 6.25. The second-order valence-electron chi connectivity index (χ2n) is 20.0. The first-order chi connectivity index (χ1) is 34.1. The number of amides is 3. The van der Waals surface area contributed by atoms with E-state index in [0.717, 1.165) is 57.4 Å². The van der Waals surface area contributed by atoms with Crippen molar-refractivity contribution in [1.29, 1.82) is 5.26 Å². The van der Waals surface area contributed by atoms with Crippen LogP contribution in [-0.4, -0.2) is 122 Å². The molecule has 378 valence electrons. The third kappa shape index (κ3) is 11.0. The number of halogens is 1. The van der Waals surface area contributed by atoms with Gasteiger partial charge in [-0.3, -0.25) is 14.4 Å². The first kappa shape index (κ1) is 51.1. The lowest BCUT2D eigenvalue weighted by molar-refractivity contribution is -0.164. The van der Waals surface area contributed by atoms with Crippen molar-refractivity contribution < 1.29 is 33.3 Å². The molecule has 4 aromatic rings. The maximum absolute atomic E-state index is 13.4. The smallest absolute Gasteiger partial charge is 0.254 e. The fourth-order valence-electron chi connectivity index (χ4n) is 11.0. The minimum atomic E-state index is -0.397. The van der Waals surface area contributed by atoms with E-state index >= 15 is 0 Å². The van der Waals surface area contributed by atoms with Gasteiger partial charge in [0.15, 0.2) is 5.82 Å². The number of hydrogen-bond acceptors (Lipinski definition) is 15. The quantitative estimate of drug-likeness (QED) is 0.0778. The molecule has 2 aliphatic carbocycles. The molecule has 1 saturated heterocycles. The van der Waals surface area contributed by atoms with Crippen LogP contribution in [0.3, 0.4) is 0 Å². The first-order valence-corrected chi connectivity index (χ1v) is 25.1. The Labute approximate surface area is 421 Å². The average Bonchev–Trinajstić information content (AvgIpc) is 3.91. The summed E-state index contributed by atoms with van der Waals surface area (Å²) in [7, 11) is 3.33. The maximum Gasteiger partial charge on any atom is 0.254 e. The van der Waals surface area contributed by atoms with Crippen LogP contribution >= 0.6 is 11.6 Å². The lowest BCUT2D eigenvalue weighted by Crippen LogP contribution is -2.74. The number of rotatable bonds is 19. The zero-order valence-electron chi connectivity index (χ0n) is 41.8. The molecule has 4 aliphatic rings. The fourth-order valence-corrected chi connectivity index (χ4v) is 11.2. The van der Waals surface area contributed by atoms with Crippen molar-refractivity contribution >= 4 is 58.4 Å². The number of piperidine rings is 1. The number of methoxy groups -OCH3 is 1. The van der Waals surface area contributed by atoms with E-state index < -0.39 is 10.8 Å². The van der Waals surface area contributed by atoms with Crippen molar-refractivity contribution in [3.63, 3.8) is 0 Å². The number of hydrogen-bond donors (Lipinski definition) is 3. The molecule has 18 nitrogen and oxygen atoms in total. The van der Waals surface area contributed by atoms with Crippen LogP contribution in [0.5, 0.6) is 11.5 Å².